The molecule has 0 fully saturated rings. The number of carboxylic acid groups (broad SMARTS) is 1. The Bertz CT molecular complexity index is 423. The normalized spacial score (nSPS) is 10.6. The second-order valence-corrected chi connectivity index (χ2v) is 4.54. The van der Waals surface area contributed by atoms with Gasteiger partial charge in [0.25, 0.3) is 0 Å². The molecule has 1 aromatic heterocycles. The first kappa shape index (κ1) is 13.4. The lowest BCUT2D eigenvalue weighted by atomic mass is 10.2. The Hall–Kier alpha value is -1.62. The van der Waals surface area contributed by atoms with Gasteiger partial charge in [0.05, 0.1) is 0 Å². The van der Waals surface area contributed by atoms with Crippen molar-refractivity contribution in [3.05, 3.63) is 28.0 Å². The van der Waals surface area contributed by atoms with Crippen molar-refractivity contribution in [3.8, 4) is 0 Å². The molecule has 0 bridgehead atoms. The molecule has 0 aliphatic heterocycles. The minimum absolute atomic E-state index is 0.0774. The van der Waals surface area contributed by atoms with Gasteiger partial charge in [-0.1, -0.05) is 0 Å². The molecule has 0 aromatic carbocycles. The summed E-state index contributed by atoms with van der Waals surface area (Å²) in [6.45, 7) is 2.37. The van der Waals surface area contributed by atoms with Crippen LogP contribution < -0.4 is 5.32 Å². The first-order chi connectivity index (χ1) is 8.09. The summed E-state index contributed by atoms with van der Waals surface area (Å²) in [6, 6.07) is 2.00. The van der Waals surface area contributed by atoms with Crippen LogP contribution in [0, 0.1) is 6.92 Å². The number of hydrogen-bond acceptors (Lipinski definition) is 3. The van der Waals surface area contributed by atoms with Gasteiger partial charge in [-0.15, -0.1) is 11.3 Å². The molecule has 5 heteroatoms. The van der Waals surface area contributed by atoms with E-state index in [2.05, 4.69) is 5.32 Å². The Morgan fingerprint density at radius 2 is 2.29 bits per heavy atom. The third kappa shape index (κ3) is 5.31. The lowest BCUT2D eigenvalue weighted by Gasteiger charge is -1.99. The zero-order valence-corrected chi connectivity index (χ0v) is 10.4. The fourth-order valence-electron chi connectivity index (χ4n) is 1.22. The van der Waals surface area contributed by atoms with Gasteiger partial charge in [0.15, 0.2) is 0 Å². The molecule has 2 N–H and O–H groups in total. The zero-order chi connectivity index (χ0) is 12.7. The van der Waals surface area contributed by atoms with Crippen molar-refractivity contribution in [1.82, 2.24) is 5.32 Å². The maximum Gasteiger partial charge on any atom is 0.303 e. The maximum atomic E-state index is 11.4. The van der Waals surface area contributed by atoms with Gasteiger partial charge >= 0.3 is 5.97 Å². The number of carboxylic acids is 1. The lowest BCUT2D eigenvalue weighted by molar-refractivity contribution is -0.137. The van der Waals surface area contributed by atoms with E-state index in [0.717, 1.165) is 10.4 Å². The summed E-state index contributed by atoms with van der Waals surface area (Å²) in [5.74, 6) is -1.04. The maximum absolute atomic E-state index is 11.4. The van der Waals surface area contributed by atoms with Crippen molar-refractivity contribution < 1.29 is 14.7 Å². The van der Waals surface area contributed by atoms with E-state index in [-0.39, 0.29) is 12.3 Å². The van der Waals surface area contributed by atoms with Crippen LogP contribution in [0.1, 0.15) is 23.3 Å². The van der Waals surface area contributed by atoms with E-state index in [1.54, 1.807) is 17.4 Å². The Morgan fingerprint density at radius 3 is 2.88 bits per heavy atom. The highest BCUT2D eigenvalue weighted by Gasteiger charge is 1.99. The number of rotatable bonds is 6. The molecule has 0 unspecified atom stereocenters. The number of carbonyl (C=O) groups is 2. The van der Waals surface area contributed by atoms with Crippen LogP contribution in [0.25, 0.3) is 6.08 Å². The van der Waals surface area contributed by atoms with Crippen molar-refractivity contribution in [2.75, 3.05) is 6.54 Å². The Balaban J connectivity index is 2.28. The van der Waals surface area contributed by atoms with Crippen LogP contribution in [0.3, 0.4) is 0 Å². The van der Waals surface area contributed by atoms with Crippen molar-refractivity contribution in [1.29, 1.82) is 0 Å². The first-order valence-electron chi connectivity index (χ1n) is 5.31. The van der Waals surface area contributed by atoms with Gasteiger partial charge in [-0.25, -0.2) is 0 Å². The second-order valence-electron chi connectivity index (χ2n) is 3.59. The Kier molecular flexibility index (Phi) is 5.42. The summed E-state index contributed by atoms with van der Waals surface area (Å²) in [6.07, 6.45) is 3.77. The fourth-order valence-corrected chi connectivity index (χ4v) is 2.04. The van der Waals surface area contributed by atoms with Gasteiger partial charge in [-0.3, -0.25) is 9.59 Å². The molecule has 0 saturated carbocycles. The SMILES string of the molecule is Cc1ccsc1/C=C/C(=O)NCCCC(=O)O. The van der Waals surface area contributed by atoms with E-state index in [4.69, 9.17) is 5.11 Å². The molecule has 0 saturated heterocycles. The number of carbonyl (C=O) groups excluding carboxylic acids is 1. The van der Waals surface area contributed by atoms with Crippen LogP contribution in [0.5, 0.6) is 0 Å². The summed E-state index contributed by atoms with van der Waals surface area (Å²) in [4.78, 5) is 22.7. The minimum atomic E-state index is -0.844. The topological polar surface area (TPSA) is 66.4 Å². The standard InChI is InChI=1S/C12H15NO3S/c1-9-6-8-17-10(9)4-5-11(14)13-7-2-3-12(15)16/h4-6,8H,2-3,7H2,1H3,(H,13,14)(H,15,16)/b5-4+. The van der Waals surface area contributed by atoms with Gasteiger partial charge in [0.2, 0.25) is 5.91 Å². The molecule has 1 amide bonds. The number of hydrogen-bond donors (Lipinski definition) is 2. The molecule has 0 radical (unpaired) electrons. The predicted octanol–water partition coefficient (Wildman–Crippen LogP) is 2.05. The number of aliphatic carboxylic acids is 1. The summed E-state index contributed by atoms with van der Waals surface area (Å²) in [7, 11) is 0. The smallest absolute Gasteiger partial charge is 0.303 e. The van der Waals surface area contributed by atoms with Gasteiger partial charge < -0.3 is 10.4 Å². The van der Waals surface area contributed by atoms with Gasteiger partial charge in [0, 0.05) is 23.9 Å². The third-order valence-electron chi connectivity index (χ3n) is 2.15. The van der Waals surface area contributed by atoms with Crippen LogP contribution in [0.4, 0.5) is 0 Å². The van der Waals surface area contributed by atoms with Crippen LogP contribution in [0.15, 0.2) is 17.5 Å². The molecule has 1 heterocycles. The highest BCUT2D eigenvalue weighted by atomic mass is 32.1. The Morgan fingerprint density at radius 1 is 1.53 bits per heavy atom. The second kappa shape index (κ2) is 6.85. The summed E-state index contributed by atoms with van der Waals surface area (Å²) >= 11 is 1.58. The van der Waals surface area contributed by atoms with E-state index < -0.39 is 5.97 Å². The zero-order valence-electron chi connectivity index (χ0n) is 9.60. The third-order valence-corrected chi connectivity index (χ3v) is 3.14. The molecule has 1 rings (SSSR count). The quantitative estimate of drug-likeness (QED) is 0.602. The van der Waals surface area contributed by atoms with E-state index in [1.165, 1.54) is 6.08 Å². The summed E-state index contributed by atoms with van der Waals surface area (Å²) < 4.78 is 0. The van der Waals surface area contributed by atoms with E-state index in [0.29, 0.717) is 13.0 Å². The predicted molar refractivity (Wildman–Crippen MR) is 68.0 cm³/mol. The average Bonchev–Trinajstić information content (AvgIpc) is 2.67. The van der Waals surface area contributed by atoms with Gasteiger partial charge in [-0.05, 0) is 36.4 Å². The van der Waals surface area contributed by atoms with E-state index in [9.17, 15) is 9.59 Å². The number of amides is 1. The number of thiophene rings is 1. The van der Waals surface area contributed by atoms with Crippen LogP contribution in [-0.2, 0) is 9.59 Å². The lowest BCUT2D eigenvalue weighted by Crippen LogP contribution is -2.22. The Labute approximate surface area is 104 Å². The van der Waals surface area contributed by atoms with Gasteiger partial charge in [0.1, 0.15) is 0 Å². The summed E-state index contributed by atoms with van der Waals surface area (Å²) in [5.41, 5.74) is 1.14. The number of nitrogens with one attached hydrogen (secondary N) is 1. The van der Waals surface area contributed by atoms with E-state index in [1.807, 2.05) is 18.4 Å². The van der Waals surface area contributed by atoms with E-state index >= 15 is 0 Å². The summed E-state index contributed by atoms with van der Waals surface area (Å²) in [5, 5.41) is 13.0. The van der Waals surface area contributed by atoms with Crippen molar-refractivity contribution in [3.63, 3.8) is 0 Å². The van der Waals surface area contributed by atoms with Crippen LogP contribution in [-0.4, -0.2) is 23.5 Å². The minimum Gasteiger partial charge on any atom is -0.481 e. The number of aryl methyl sites for hydroxylation is 1. The van der Waals surface area contributed by atoms with Crippen LogP contribution in [0.2, 0.25) is 0 Å². The van der Waals surface area contributed by atoms with Crippen molar-refractivity contribution in [2.45, 2.75) is 19.8 Å². The molecule has 0 atom stereocenters. The van der Waals surface area contributed by atoms with Crippen molar-refractivity contribution in [2.24, 2.45) is 0 Å². The monoisotopic (exact) mass is 253 g/mol. The molecule has 17 heavy (non-hydrogen) atoms. The molecule has 0 aliphatic carbocycles. The molecule has 92 valence electrons. The molecule has 0 spiro atoms. The first-order valence-corrected chi connectivity index (χ1v) is 6.19. The molecule has 0 aliphatic rings. The average molecular weight is 253 g/mol. The largest absolute Gasteiger partial charge is 0.481 e. The van der Waals surface area contributed by atoms with Gasteiger partial charge in [-0.2, -0.15) is 0 Å². The molecule has 4 nitrogen and oxygen atoms in total. The van der Waals surface area contributed by atoms with Crippen LogP contribution >= 0.6 is 11.3 Å². The highest BCUT2D eigenvalue weighted by Crippen LogP contribution is 2.16. The molecule has 1 aromatic rings. The van der Waals surface area contributed by atoms with Crippen molar-refractivity contribution >= 4 is 29.3 Å². The fraction of sp³-hybridized carbons (Fsp3) is 0.333. The highest BCUT2D eigenvalue weighted by molar-refractivity contribution is 7.11. The molecular formula is C12H15NO3S. The molecular weight excluding hydrogens is 238 g/mol.